The molecule has 78 valence electrons. The summed E-state index contributed by atoms with van der Waals surface area (Å²) >= 11 is 0. The monoisotopic (exact) mass is 206 g/mol. The first-order chi connectivity index (χ1) is 6.60. The van der Waals surface area contributed by atoms with Crippen LogP contribution in [0.1, 0.15) is 17.7 Å². The SMILES string of the molecule is COc1nc(C(F)F)cc(CN)c1F. The van der Waals surface area contributed by atoms with Crippen LogP contribution in [0.4, 0.5) is 13.2 Å². The van der Waals surface area contributed by atoms with Crippen molar-refractivity contribution in [3.8, 4) is 5.88 Å². The molecule has 0 aromatic carbocycles. The molecule has 0 unspecified atom stereocenters. The van der Waals surface area contributed by atoms with E-state index < -0.39 is 23.8 Å². The highest BCUT2D eigenvalue weighted by Gasteiger charge is 2.17. The van der Waals surface area contributed by atoms with Crippen molar-refractivity contribution >= 4 is 0 Å². The molecule has 1 aromatic rings. The molecule has 0 fully saturated rings. The summed E-state index contributed by atoms with van der Waals surface area (Å²) in [6, 6.07) is 0.933. The average Bonchev–Trinajstić information content (AvgIpc) is 2.17. The first-order valence-corrected chi connectivity index (χ1v) is 3.81. The molecule has 1 aromatic heterocycles. The third-order valence-electron chi connectivity index (χ3n) is 1.66. The number of hydrogen-bond acceptors (Lipinski definition) is 3. The van der Waals surface area contributed by atoms with Gasteiger partial charge in [-0.3, -0.25) is 0 Å². The molecule has 0 saturated heterocycles. The third-order valence-corrected chi connectivity index (χ3v) is 1.66. The second kappa shape index (κ2) is 4.28. The first-order valence-electron chi connectivity index (χ1n) is 3.81. The van der Waals surface area contributed by atoms with E-state index in [1.54, 1.807) is 0 Å². The van der Waals surface area contributed by atoms with Crippen molar-refractivity contribution in [2.24, 2.45) is 5.73 Å². The van der Waals surface area contributed by atoms with Crippen LogP contribution < -0.4 is 10.5 Å². The quantitative estimate of drug-likeness (QED) is 0.817. The maximum atomic E-state index is 13.2. The molecule has 0 spiro atoms. The summed E-state index contributed by atoms with van der Waals surface area (Å²) in [7, 11) is 1.15. The van der Waals surface area contributed by atoms with Gasteiger partial charge in [0.1, 0.15) is 5.69 Å². The molecular formula is C8H9F3N2O. The van der Waals surface area contributed by atoms with Crippen molar-refractivity contribution in [3.05, 3.63) is 23.1 Å². The van der Waals surface area contributed by atoms with E-state index in [2.05, 4.69) is 9.72 Å². The lowest BCUT2D eigenvalue weighted by atomic mass is 10.2. The van der Waals surface area contributed by atoms with E-state index in [4.69, 9.17) is 5.73 Å². The van der Waals surface area contributed by atoms with Crippen LogP contribution in [0.5, 0.6) is 5.88 Å². The van der Waals surface area contributed by atoms with Crippen molar-refractivity contribution in [3.63, 3.8) is 0 Å². The normalized spacial score (nSPS) is 10.7. The lowest BCUT2D eigenvalue weighted by Crippen LogP contribution is -2.06. The maximum absolute atomic E-state index is 13.2. The van der Waals surface area contributed by atoms with Gasteiger partial charge in [0.2, 0.25) is 0 Å². The van der Waals surface area contributed by atoms with Crippen LogP contribution >= 0.6 is 0 Å². The molecule has 1 heterocycles. The standard InChI is InChI=1S/C8H9F3N2O/c1-14-8-6(9)4(3-12)2-5(13-8)7(10)11/h2,7H,3,12H2,1H3. The number of rotatable bonds is 3. The zero-order valence-electron chi connectivity index (χ0n) is 7.43. The van der Waals surface area contributed by atoms with Crippen LogP contribution in [0, 0.1) is 5.82 Å². The average molecular weight is 206 g/mol. The van der Waals surface area contributed by atoms with Gasteiger partial charge < -0.3 is 10.5 Å². The number of aromatic nitrogens is 1. The number of alkyl halides is 2. The van der Waals surface area contributed by atoms with Crippen LogP contribution in [-0.4, -0.2) is 12.1 Å². The Balaban J connectivity index is 3.25. The van der Waals surface area contributed by atoms with Gasteiger partial charge in [-0.05, 0) is 6.07 Å². The minimum atomic E-state index is -2.77. The zero-order valence-corrected chi connectivity index (χ0v) is 7.43. The molecule has 6 heteroatoms. The summed E-state index contributed by atoms with van der Waals surface area (Å²) in [5.74, 6) is -1.25. The van der Waals surface area contributed by atoms with Gasteiger partial charge in [-0.1, -0.05) is 0 Å². The molecule has 3 nitrogen and oxygen atoms in total. The molecule has 0 aliphatic carbocycles. The van der Waals surface area contributed by atoms with Gasteiger partial charge in [0.15, 0.2) is 5.82 Å². The summed E-state index contributed by atoms with van der Waals surface area (Å²) in [5.41, 5.74) is 4.60. The molecule has 0 aliphatic heterocycles. The smallest absolute Gasteiger partial charge is 0.280 e. The van der Waals surface area contributed by atoms with E-state index >= 15 is 0 Å². The van der Waals surface area contributed by atoms with Gasteiger partial charge in [-0.15, -0.1) is 0 Å². The highest BCUT2D eigenvalue weighted by Crippen LogP contribution is 2.24. The Hall–Kier alpha value is -1.30. The third kappa shape index (κ3) is 1.95. The Kier molecular flexibility index (Phi) is 3.29. The van der Waals surface area contributed by atoms with Crippen molar-refractivity contribution in [2.45, 2.75) is 13.0 Å². The molecular weight excluding hydrogens is 197 g/mol. The summed E-state index contributed by atoms with van der Waals surface area (Å²) < 4.78 is 42.2. The van der Waals surface area contributed by atoms with E-state index in [1.807, 2.05) is 0 Å². The fraction of sp³-hybridized carbons (Fsp3) is 0.375. The van der Waals surface area contributed by atoms with E-state index in [-0.39, 0.29) is 12.1 Å². The summed E-state index contributed by atoms with van der Waals surface area (Å²) in [6.07, 6.45) is -2.77. The van der Waals surface area contributed by atoms with Crippen LogP contribution in [0.3, 0.4) is 0 Å². The van der Waals surface area contributed by atoms with Crippen molar-refractivity contribution < 1.29 is 17.9 Å². The first kappa shape index (κ1) is 10.8. The molecule has 0 saturated carbocycles. The van der Waals surface area contributed by atoms with Gasteiger partial charge in [-0.25, -0.2) is 18.2 Å². The molecule has 1 rings (SSSR count). The number of hydrogen-bond donors (Lipinski definition) is 1. The second-order valence-corrected chi connectivity index (χ2v) is 2.53. The van der Waals surface area contributed by atoms with Gasteiger partial charge in [-0.2, -0.15) is 0 Å². The van der Waals surface area contributed by atoms with Gasteiger partial charge in [0.25, 0.3) is 12.3 Å². The lowest BCUT2D eigenvalue weighted by Gasteiger charge is -2.07. The highest BCUT2D eigenvalue weighted by molar-refractivity contribution is 5.28. The number of pyridine rings is 1. The van der Waals surface area contributed by atoms with Crippen LogP contribution in [0.25, 0.3) is 0 Å². The summed E-state index contributed by atoms with van der Waals surface area (Å²) in [6.45, 7) is -0.176. The number of ether oxygens (including phenoxy) is 1. The molecule has 0 aliphatic rings. The number of halogens is 3. The Morgan fingerprint density at radius 3 is 2.64 bits per heavy atom. The maximum Gasteiger partial charge on any atom is 0.280 e. The summed E-state index contributed by atoms with van der Waals surface area (Å²) in [5, 5.41) is 0. The van der Waals surface area contributed by atoms with Gasteiger partial charge >= 0.3 is 0 Å². The van der Waals surface area contributed by atoms with E-state index in [1.165, 1.54) is 0 Å². The predicted molar refractivity (Wildman–Crippen MR) is 43.6 cm³/mol. The minimum Gasteiger partial charge on any atom is -0.479 e. The molecule has 14 heavy (non-hydrogen) atoms. The fourth-order valence-electron chi connectivity index (χ4n) is 0.973. The predicted octanol–water partition coefficient (Wildman–Crippen LogP) is 1.63. The molecule has 0 amide bonds. The molecule has 0 bridgehead atoms. The van der Waals surface area contributed by atoms with E-state index in [0.29, 0.717) is 0 Å². The highest BCUT2D eigenvalue weighted by atomic mass is 19.3. The van der Waals surface area contributed by atoms with Gasteiger partial charge in [0, 0.05) is 12.1 Å². The van der Waals surface area contributed by atoms with E-state index in [0.717, 1.165) is 13.2 Å². The molecule has 0 radical (unpaired) electrons. The van der Waals surface area contributed by atoms with Crippen molar-refractivity contribution in [1.82, 2.24) is 4.98 Å². The van der Waals surface area contributed by atoms with Crippen LogP contribution in [0.15, 0.2) is 6.07 Å². The van der Waals surface area contributed by atoms with Crippen molar-refractivity contribution in [2.75, 3.05) is 7.11 Å². The number of nitrogens with two attached hydrogens (primary N) is 1. The summed E-state index contributed by atoms with van der Waals surface area (Å²) in [4.78, 5) is 3.30. The Labute approximate surface area is 78.7 Å². The second-order valence-electron chi connectivity index (χ2n) is 2.53. The number of methoxy groups -OCH3 is 1. The zero-order chi connectivity index (χ0) is 10.7. The Bertz CT molecular complexity index is 305. The number of nitrogens with zero attached hydrogens (tertiary/aromatic N) is 1. The lowest BCUT2D eigenvalue weighted by molar-refractivity contribution is 0.144. The fourth-order valence-corrected chi connectivity index (χ4v) is 0.973. The van der Waals surface area contributed by atoms with E-state index in [9.17, 15) is 13.2 Å². The Morgan fingerprint density at radius 1 is 1.57 bits per heavy atom. The molecule has 2 N–H and O–H groups in total. The topological polar surface area (TPSA) is 48.1 Å². The Morgan fingerprint density at radius 2 is 2.21 bits per heavy atom. The van der Waals surface area contributed by atoms with Crippen molar-refractivity contribution in [1.29, 1.82) is 0 Å². The minimum absolute atomic E-state index is 0.0350. The van der Waals surface area contributed by atoms with Gasteiger partial charge in [0.05, 0.1) is 7.11 Å². The van der Waals surface area contributed by atoms with Crippen LogP contribution in [0.2, 0.25) is 0 Å². The van der Waals surface area contributed by atoms with Crippen LogP contribution in [-0.2, 0) is 6.54 Å². The largest absolute Gasteiger partial charge is 0.479 e. The molecule has 0 atom stereocenters.